The Morgan fingerprint density at radius 1 is 1.16 bits per heavy atom. The van der Waals surface area contributed by atoms with Gasteiger partial charge in [0.1, 0.15) is 11.2 Å². The van der Waals surface area contributed by atoms with Crippen LogP contribution in [0.3, 0.4) is 0 Å². The maximum atomic E-state index is 12.7. The molecule has 3 rings (SSSR count). The minimum Gasteiger partial charge on any atom is -0.452 e. The van der Waals surface area contributed by atoms with Crippen LogP contribution in [0.4, 0.5) is 0 Å². The number of amides is 1. The lowest BCUT2D eigenvalue weighted by Gasteiger charge is -2.14. The van der Waals surface area contributed by atoms with Crippen LogP contribution in [-0.4, -0.2) is 34.1 Å². The van der Waals surface area contributed by atoms with E-state index in [-0.39, 0.29) is 11.6 Å². The maximum absolute atomic E-state index is 12.7. The number of hydrogen-bond donors (Lipinski definition) is 1. The van der Waals surface area contributed by atoms with E-state index in [1.807, 2.05) is 51.1 Å². The second-order valence-corrected chi connectivity index (χ2v) is 7.55. The average molecular weight is 421 g/mol. The first-order valence-corrected chi connectivity index (χ1v) is 10.4. The average Bonchev–Trinajstić information content (AvgIpc) is 2.77. The zero-order valence-electron chi connectivity index (χ0n) is 18.1. The first-order valence-electron chi connectivity index (χ1n) is 10.4. The van der Waals surface area contributed by atoms with E-state index in [0.29, 0.717) is 17.6 Å². The van der Waals surface area contributed by atoms with Gasteiger partial charge in [-0.1, -0.05) is 30.3 Å². The van der Waals surface area contributed by atoms with Gasteiger partial charge in [-0.2, -0.15) is 0 Å². The van der Waals surface area contributed by atoms with Crippen LogP contribution in [0.2, 0.25) is 0 Å². The monoisotopic (exact) mass is 421 g/mol. The van der Waals surface area contributed by atoms with Crippen LogP contribution in [0.15, 0.2) is 53.5 Å². The standard InChI is InChI=1S/C24H27N3O4/c1-4-27-14-20(22(29)19-13-11-17(3)26-23(19)27)24(30)31-15-21(28)25-16(2)10-12-18-8-6-5-7-9-18/h5-9,11,13-14,16H,4,10,12,15H2,1-3H3,(H,25,28)/t16-/m1/s1. The van der Waals surface area contributed by atoms with Crippen LogP contribution in [-0.2, 0) is 22.5 Å². The highest BCUT2D eigenvalue weighted by molar-refractivity contribution is 5.94. The molecule has 0 radical (unpaired) electrons. The van der Waals surface area contributed by atoms with Crippen LogP contribution in [0.5, 0.6) is 0 Å². The Labute approximate surface area is 181 Å². The summed E-state index contributed by atoms with van der Waals surface area (Å²) in [7, 11) is 0. The van der Waals surface area contributed by atoms with Crippen LogP contribution >= 0.6 is 0 Å². The van der Waals surface area contributed by atoms with Gasteiger partial charge in [0.2, 0.25) is 5.43 Å². The summed E-state index contributed by atoms with van der Waals surface area (Å²) in [6, 6.07) is 13.3. The normalized spacial score (nSPS) is 11.8. The Morgan fingerprint density at radius 3 is 2.61 bits per heavy atom. The van der Waals surface area contributed by atoms with Gasteiger partial charge in [0.15, 0.2) is 6.61 Å². The van der Waals surface area contributed by atoms with Gasteiger partial charge in [-0.3, -0.25) is 9.59 Å². The Balaban J connectivity index is 1.60. The lowest BCUT2D eigenvalue weighted by molar-refractivity contribution is -0.124. The molecule has 0 fully saturated rings. The number of nitrogens with zero attached hydrogens (tertiary/aromatic N) is 2. The molecule has 1 aromatic carbocycles. The minimum atomic E-state index is -0.818. The van der Waals surface area contributed by atoms with E-state index in [2.05, 4.69) is 10.3 Å². The number of rotatable bonds is 8. The molecule has 31 heavy (non-hydrogen) atoms. The number of aromatic nitrogens is 2. The van der Waals surface area contributed by atoms with Crippen molar-refractivity contribution in [3.63, 3.8) is 0 Å². The molecule has 1 atom stereocenters. The Kier molecular flexibility index (Phi) is 7.18. The SMILES string of the molecule is CCn1cc(C(=O)OCC(=O)N[C@H](C)CCc2ccccc2)c(=O)c2ccc(C)nc21. The number of nitrogens with one attached hydrogen (secondary N) is 1. The highest BCUT2D eigenvalue weighted by atomic mass is 16.5. The van der Waals surface area contributed by atoms with Crippen molar-refractivity contribution in [3.8, 4) is 0 Å². The number of carbonyl (C=O) groups excluding carboxylic acids is 2. The first kappa shape index (κ1) is 22.2. The molecule has 0 bridgehead atoms. The third kappa shape index (κ3) is 5.57. The number of esters is 1. The number of benzene rings is 1. The van der Waals surface area contributed by atoms with Crippen LogP contribution in [0.25, 0.3) is 11.0 Å². The van der Waals surface area contributed by atoms with Gasteiger partial charge in [-0.25, -0.2) is 9.78 Å². The highest BCUT2D eigenvalue weighted by Gasteiger charge is 2.19. The van der Waals surface area contributed by atoms with E-state index in [4.69, 9.17) is 4.74 Å². The molecule has 2 aromatic heterocycles. The second kappa shape index (κ2) is 10.0. The number of pyridine rings is 2. The lowest BCUT2D eigenvalue weighted by Crippen LogP contribution is -2.36. The van der Waals surface area contributed by atoms with Gasteiger partial charge in [-0.15, -0.1) is 0 Å². The summed E-state index contributed by atoms with van der Waals surface area (Å²) in [5.74, 6) is -1.22. The fourth-order valence-electron chi connectivity index (χ4n) is 3.37. The maximum Gasteiger partial charge on any atom is 0.344 e. The molecule has 7 nitrogen and oxygen atoms in total. The van der Waals surface area contributed by atoms with Crippen molar-refractivity contribution >= 4 is 22.9 Å². The van der Waals surface area contributed by atoms with Gasteiger partial charge in [-0.05, 0) is 51.3 Å². The van der Waals surface area contributed by atoms with Crippen molar-refractivity contribution in [2.75, 3.05) is 6.61 Å². The molecule has 3 aromatic rings. The molecule has 1 amide bonds. The molecular weight excluding hydrogens is 394 g/mol. The summed E-state index contributed by atoms with van der Waals surface area (Å²) in [6.45, 7) is 5.73. The zero-order valence-corrected chi connectivity index (χ0v) is 18.1. The van der Waals surface area contributed by atoms with Crippen molar-refractivity contribution in [2.45, 2.75) is 46.2 Å². The minimum absolute atomic E-state index is 0.0706. The molecule has 0 aliphatic carbocycles. The molecule has 7 heteroatoms. The molecule has 162 valence electrons. The Hall–Kier alpha value is -3.48. The molecule has 0 aliphatic heterocycles. The summed E-state index contributed by atoms with van der Waals surface area (Å²) in [4.78, 5) is 41.8. The van der Waals surface area contributed by atoms with E-state index >= 15 is 0 Å². The summed E-state index contributed by atoms with van der Waals surface area (Å²) < 4.78 is 6.85. The number of fused-ring (bicyclic) bond motifs is 1. The predicted octanol–water partition coefficient (Wildman–Crippen LogP) is 3.02. The Bertz CT molecular complexity index is 1140. The molecule has 0 unspecified atom stereocenters. The molecule has 0 saturated heterocycles. The van der Waals surface area contributed by atoms with E-state index in [9.17, 15) is 14.4 Å². The highest BCUT2D eigenvalue weighted by Crippen LogP contribution is 2.12. The largest absolute Gasteiger partial charge is 0.452 e. The van der Waals surface area contributed by atoms with E-state index in [0.717, 1.165) is 18.5 Å². The van der Waals surface area contributed by atoms with Crippen molar-refractivity contribution < 1.29 is 14.3 Å². The van der Waals surface area contributed by atoms with Crippen molar-refractivity contribution in [1.82, 2.24) is 14.9 Å². The van der Waals surface area contributed by atoms with Gasteiger partial charge >= 0.3 is 5.97 Å². The van der Waals surface area contributed by atoms with E-state index in [1.54, 1.807) is 16.7 Å². The summed E-state index contributed by atoms with van der Waals surface area (Å²) in [6.07, 6.45) is 3.05. The fraction of sp³-hybridized carbons (Fsp3) is 0.333. The van der Waals surface area contributed by atoms with E-state index < -0.39 is 23.9 Å². The number of ether oxygens (including phenoxy) is 1. The predicted molar refractivity (Wildman–Crippen MR) is 119 cm³/mol. The van der Waals surface area contributed by atoms with Crippen molar-refractivity contribution in [2.24, 2.45) is 0 Å². The molecular formula is C24H27N3O4. The summed E-state index contributed by atoms with van der Waals surface area (Å²) >= 11 is 0. The van der Waals surface area contributed by atoms with E-state index in [1.165, 1.54) is 11.8 Å². The van der Waals surface area contributed by atoms with Crippen LogP contribution < -0.4 is 10.7 Å². The topological polar surface area (TPSA) is 90.3 Å². The number of aryl methyl sites for hydroxylation is 3. The molecule has 0 spiro atoms. The van der Waals surface area contributed by atoms with Gasteiger partial charge in [0, 0.05) is 24.5 Å². The lowest BCUT2D eigenvalue weighted by atomic mass is 10.1. The summed E-state index contributed by atoms with van der Waals surface area (Å²) in [5, 5.41) is 3.17. The van der Waals surface area contributed by atoms with Gasteiger partial charge in [0.05, 0.1) is 5.39 Å². The van der Waals surface area contributed by atoms with Crippen LogP contribution in [0.1, 0.15) is 41.9 Å². The Morgan fingerprint density at radius 2 is 1.90 bits per heavy atom. The third-order valence-electron chi connectivity index (χ3n) is 5.07. The number of hydrogen-bond acceptors (Lipinski definition) is 5. The van der Waals surface area contributed by atoms with Gasteiger partial charge < -0.3 is 14.6 Å². The third-order valence-corrected chi connectivity index (χ3v) is 5.07. The first-order chi connectivity index (χ1) is 14.9. The summed E-state index contributed by atoms with van der Waals surface area (Å²) in [5.41, 5.74) is 1.94. The smallest absolute Gasteiger partial charge is 0.344 e. The van der Waals surface area contributed by atoms with Crippen molar-refractivity contribution in [3.05, 3.63) is 75.7 Å². The van der Waals surface area contributed by atoms with Gasteiger partial charge in [0.25, 0.3) is 5.91 Å². The quantitative estimate of drug-likeness (QED) is 0.565. The molecule has 1 N–H and O–H groups in total. The van der Waals surface area contributed by atoms with Crippen molar-refractivity contribution in [1.29, 1.82) is 0 Å². The second-order valence-electron chi connectivity index (χ2n) is 7.55. The molecule has 2 heterocycles. The number of carbonyl (C=O) groups is 2. The van der Waals surface area contributed by atoms with Crippen LogP contribution in [0, 0.1) is 6.92 Å². The fourth-order valence-corrected chi connectivity index (χ4v) is 3.37. The molecule has 0 saturated carbocycles. The molecule has 0 aliphatic rings. The zero-order chi connectivity index (χ0) is 22.4.